The lowest BCUT2D eigenvalue weighted by molar-refractivity contribution is 0.145. The van der Waals surface area contributed by atoms with Gasteiger partial charge in [0.2, 0.25) is 0 Å². The standard InChI is InChI=1S/C18H18N2O3S/c1-11-5-7-13(8-6-11)24(22,23)20-10-12-9-15(19)18(21)14-3-2-4-16(20)17(12)14/h2-8,10,15,18,21H,9,19H2,1H3. The summed E-state index contributed by atoms with van der Waals surface area (Å²) in [6, 6.07) is 11.7. The lowest BCUT2D eigenvalue weighted by Crippen LogP contribution is -2.33. The molecule has 1 heterocycles. The van der Waals surface area contributed by atoms with Gasteiger partial charge in [-0.15, -0.1) is 0 Å². The second-order valence-corrected chi connectivity index (χ2v) is 8.14. The van der Waals surface area contributed by atoms with Crippen molar-refractivity contribution in [1.82, 2.24) is 3.97 Å². The quantitative estimate of drug-likeness (QED) is 0.747. The number of nitrogens with zero attached hydrogens (tertiary/aromatic N) is 1. The van der Waals surface area contributed by atoms with Crippen LogP contribution in [0.3, 0.4) is 0 Å². The van der Waals surface area contributed by atoms with Crippen molar-refractivity contribution in [1.29, 1.82) is 0 Å². The maximum absolute atomic E-state index is 13.1. The smallest absolute Gasteiger partial charge is 0.268 e. The summed E-state index contributed by atoms with van der Waals surface area (Å²) in [5.74, 6) is 0. The van der Waals surface area contributed by atoms with Crippen LogP contribution in [-0.4, -0.2) is 23.5 Å². The maximum Gasteiger partial charge on any atom is 0.268 e. The third-order valence-electron chi connectivity index (χ3n) is 4.66. The molecule has 1 aliphatic rings. The molecule has 6 heteroatoms. The molecular formula is C18H18N2O3S. The first-order valence-corrected chi connectivity index (χ1v) is 9.22. The summed E-state index contributed by atoms with van der Waals surface area (Å²) in [7, 11) is -3.70. The van der Waals surface area contributed by atoms with E-state index in [0.717, 1.165) is 16.5 Å². The first-order chi connectivity index (χ1) is 11.4. The van der Waals surface area contributed by atoms with Crippen LogP contribution in [0.5, 0.6) is 0 Å². The Balaban J connectivity index is 1.98. The Morgan fingerprint density at radius 1 is 1.17 bits per heavy atom. The van der Waals surface area contributed by atoms with Gasteiger partial charge in [-0.2, -0.15) is 0 Å². The Morgan fingerprint density at radius 3 is 2.58 bits per heavy atom. The number of nitrogens with two attached hydrogens (primary N) is 1. The number of aliphatic hydroxyl groups excluding tert-OH is 1. The fraction of sp³-hybridized carbons (Fsp3) is 0.222. The number of hydrogen-bond donors (Lipinski definition) is 2. The first-order valence-electron chi connectivity index (χ1n) is 7.78. The molecule has 3 N–H and O–H groups in total. The zero-order valence-corrected chi connectivity index (χ0v) is 14.0. The Hall–Kier alpha value is -2.15. The monoisotopic (exact) mass is 342 g/mol. The van der Waals surface area contributed by atoms with Gasteiger partial charge in [0.15, 0.2) is 0 Å². The molecule has 0 bridgehead atoms. The van der Waals surface area contributed by atoms with Gasteiger partial charge in [0.25, 0.3) is 10.0 Å². The molecule has 124 valence electrons. The topological polar surface area (TPSA) is 85.3 Å². The average Bonchev–Trinajstić information content (AvgIpc) is 2.93. The van der Waals surface area contributed by atoms with Crippen LogP contribution in [0.1, 0.15) is 22.8 Å². The third-order valence-corrected chi connectivity index (χ3v) is 6.35. The average molecular weight is 342 g/mol. The minimum atomic E-state index is -3.70. The Morgan fingerprint density at radius 2 is 1.88 bits per heavy atom. The SMILES string of the molecule is Cc1ccc(S(=O)(=O)n2cc3c4c(cccc42)C(O)C(N)C3)cc1. The molecule has 0 radical (unpaired) electrons. The highest BCUT2D eigenvalue weighted by molar-refractivity contribution is 7.90. The Kier molecular flexibility index (Phi) is 3.32. The van der Waals surface area contributed by atoms with E-state index in [9.17, 15) is 13.5 Å². The van der Waals surface area contributed by atoms with Crippen molar-refractivity contribution in [2.24, 2.45) is 5.73 Å². The highest BCUT2D eigenvalue weighted by atomic mass is 32.2. The van der Waals surface area contributed by atoms with E-state index in [4.69, 9.17) is 5.73 Å². The van der Waals surface area contributed by atoms with Crippen molar-refractivity contribution < 1.29 is 13.5 Å². The van der Waals surface area contributed by atoms with E-state index in [0.29, 0.717) is 17.5 Å². The molecule has 0 fully saturated rings. The number of hydrogen-bond acceptors (Lipinski definition) is 4. The third kappa shape index (κ3) is 2.11. The molecule has 2 aromatic carbocycles. The summed E-state index contributed by atoms with van der Waals surface area (Å²) in [4.78, 5) is 0.242. The highest BCUT2D eigenvalue weighted by Gasteiger charge is 2.30. The normalized spacial score (nSPS) is 20.5. The fourth-order valence-electron chi connectivity index (χ4n) is 3.39. The van der Waals surface area contributed by atoms with Crippen molar-refractivity contribution in [2.45, 2.75) is 30.4 Å². The zero-order valence-electron chi connectivity index (χ0n) is 13.2. The molecule has 5 nitrogen and oxygen atoms in total. The van der Waals surface area contributed by atoms with Crippen LogP contribution in [-0.2, 0) is 16.4 Å². The molecule has 0 amide bonds. The van der Waals surface area contributed by atoms with Crippen molar-refractivity contribution in [3.8, 4) is 0 Å². The van der Waals surface area contributed by atoms with Crippen LogP contribution in [0.4, 0.5) is 0 Å². The number of rotatable bonds is 2. The van der Waals surface area contributed by atoms with Gasteiger partial charge in [-0.25, -0.2) is 12.4 Å². The minimum absolute atomic E-state index is 0.242. The van der Waals surface area contributed by atoms with Crippen LogP contribution in [0.25, 0.3) is 10.9 Å². The van der Waals surface area contributed by atoms with E-state index in [2.05, 4.69) is 0 Å². The zero-order chi connectivity index (χ0) is 17.1. The predicted molar refractivity (Wildman–Crippen MR) is 92.3 cm³/mol. The van der Waals surface area contributed by atoms with E-state index in [1.807, 2.05) is 6.92 Å². The summed E-state index contributed by atoms with van der Waals surface area (Å²) >= 11 is 0. The summed E-state index contributed by atoms with van der Waals surface area (Å²) in [5.41, 5.74) is 9.13. The van der Waals surface area contributed by atoms with E-state index in [1.165, 1.54) is 3.97 Å². The van der Waals surface area contributed by atoms with E-state index in [-0.39, 0.29) is 4.90 Å². The summed E-state index contributed by atoms with van der Waals surface area (Å²) in [6.07, 6.45) is 1.30. The molecule has 0 spiro atoms. The first kappa shape index (κ1) is 15.4. The number of aromatic nitrogens is 1. The number of aliphatic hydroxyl groups is 1. The largest absolute Gasteiger partial charge is 0.387 e. The molecule has 2 atom stereocenters. The fourth-order valence-corrected chi connectivity index (χ4v) is 4.77. The number of aryl methyl sites for hydroxylation is 1. The summed E-state index contributed by atoms with van der Waals surface area (Å²) in [5, 5.41) is 11.1. The Bertz CT molecular complexity index is 1040. The van der Waals surface area contributed by atoms with Gasteiger partial charge in [0.1, 0.15) is 0 Å². The summed E-state index contributed by atoms with van der Waals surface area (Å²) < 4.78 is 27.4. The second-order valence-electron chi connectivity index (χ2n) is 6.32. The van der Waals surface area contributed by atoms with Crippen LogP contribution in [0.2, 0.25) is 0 Å². The van der Waals surface area contributed by atoms with Crippen molar-refractivity contribution in [2.75, 3.05) is 0 Å². The molecule has 4 rings (SSSR count). The van der Waals surface area contributed by atoms with Gasteiger partial charge in [-0.3, -0.25) is 0 Å². The lowest BCUT2D eigenvalue weighted by atomic mass is 9.87. The molecule has 0 saturated heterocycles. The van der Waals surface area contributed by atoms with Gasteiger partial charge in [0.05, 0.1) is 16.5 Å². The van der Waals surface area contributed by atoms with Gasteiger partial charge in [-0.1, -0.05) is 29.8 Å². The van der Waals surface area contributed by atoms with Crippen LogP contribution < -0.4 is 5.73 Å². The minimum Gasteiger partial charge on any atom is -0.387 e. The maximum atomic E-state index is 13.1. The van der Waals surface area contributed by atoms with Crippen LogP contribution in [0, 0.1) is 6.92 Å². The molecule has 24 heavy (non-hydrogen) atoms. The molecule has 1 aliphatic carbocycles. The van der Waals surface area contributed by atoms with Gasteiger partial charge >= 0.3 is 0 Å². The summed E-state index contributed by atoms with van der Waals surface area (Å²) in [6.45, 7) is 1.91. The van der Waals surface area contributed by atoms with Gasteiger partial charge in [0, 0.05) is 17.6 Å². The molecular weight excluding hydrogens is 324 g/mol. The predicted octanol–water partition coefficient (Wildman–Crippen LogP) is 2.10. The lowest BCUT2D eigenvalue weighted by Gasteiger charge is -2.24. The van der Waals surface area contributed by atoms with E-state index < -0.39 is 22.2 Å². The van der Waals surface area contributed by atoms with Crippen molar-refractivity contribution in [3.05, 3.63) is 65.4 Å². The van der Waals surface area contributed by atoms with Crippen molar-refractivity contribution in [3.63, 3.8) is 0 Å². The van der Waals surface area contributed by atoms with Crippen molar-refractivity contribution >= 4 is 20.9 Å². The molecule has 0 saturated carbocycles. The Labute approximate surface area is 140 Å². The van der Waals surface area contributed by atoms with Crippen LogP contribution in [0.15, 0.2) is 53.6 Å². The second kappa shape index (κ2) is 5.17. The number of benzene rings is 2. The van der Waals surface area contributed by atoms with Gasteiger partial charge in [-0.05, 0) is 42.7 Å². The molecule has 3 aromatic rings. The highest BCUT2D eigenvalue weighted by Crippen LogP contribution is 2.37. The molecule has 2 unspecified atom stereocenters. The molecule has 0 aliphatic heterocycles. The van der Waals surface area contributed by atoms with E-state index >= 15 is 0 Å². The van der Waals surface area contributed by atoms with Gasteiger partial charge < -0.3 is 10.8 Å². The van der Waals surface area contributed by atoms with Crippen LogP contribution >= 0.6 is 0 Å². The van der Waals surface area contributed by atoms with E-state index in [1.54, 1.807) is 48.7 Å². The molecule has 1 aromatic heterocycles.